The van der Waals surface area contributed by atoms with Gasteiger partial charge in [-0.3, -0.25) is 9.59 Å². The molecule has 1 fully saturated rings. The molecule has 0 aromatic heterocycles. The molecule has 1 rings (SSSR count). The molecule has 4 nitrogen and oxygen atoms in total. The maximum atomic E-state index is 11.5. The molecule has 0 atom stereocenters. The smallest absolute Gasteiger partial charge is 0.242 e. The normalized spacial score (nSPS) is 18.3. The van der Waals surface area contributed by atoms with Crippen molar-refractivity contribution in [2.24, 2.45) is 0 Å². The summed E-state index contributed by atoms with van der Waals surface area (Å²) in [4.78, 5) is 25.8. The van der Waals surface area contributed by atoms with Crippen LogP contribution in [0.3, 0.4) is 0 Å². The van der Waals surface area contributed by atoms with Crippen LogP contribution in [0.15, 0.2) is 0 Å². The van der Waals surface area contributed by atoms with Gasteiger partial charge in [-0.15, -0.1) is 0 Å². The lowest BCUT2D eigenvalue weighted by molar-refractivity contribution is -0.145. The maximum Gasteiger partial charge on any atom is 0.242 e. The highest BCUT2D eigenvalue weighted by molar-refractivity contribution is 5.85. The van der Waals surface area contributed by atoms with E-state index in [9.17, 15) is 9.59 Å². The number of hydrogen-bond acceptors (Lipinski definition) is 2. The van der Waals surface area contributed by atoms with E-state index in [4.69, 9.17) is 0 Å². The van der Waals surface area contributed by atoms with Crippen molar-refractivity contribution >= 4 is 11.8 Å². The fourth-order valence-corrected chi connectivity index (χ4v) is 1.50. The van der Waals surface area contributed by atoms with Crippen molar-refractivity contribution in [1.29, 1.82) is 0 Å². The summed E-state index contributed by atoms with van der Waals surface area (Å²) in [6.07, 6.45) is 0. The van der Waals surface area contributed by atoms with Crippen LogP contribution in [-0.4, -0.2) is 47.3 Å². The minimum atomic E-state index is -0.0169. The number of carbonyl (C=O) groups excluding carboxylic acids is 2. The summed E-state index contributed by atoms with van der Waals surface area (Å²) in [7, 11) is 0. The highest BCUT2D eigenvalue weighted by Crippen LogP contribution is 2.07. The Morgan fingerprint density at radius 3 is 2.38 bits per heavy atom. The van der Waals surface area contributed by atoms with Gasteiger partial charge in [-0.05, 0) is 13.8 Å². The van der Waals surface area contributed by atoms with Gasteiger partial charge in [-0.1, -0.05) is 0 Å². The van der Waals surface area contributed by atoms with Gasteiger partial charge in [-0.2, -0.15) is 0 Å². The number of nitrogens with zero attached hydrogens (tertiary/aromatic N) is 2. The Morgan fingerprint density at radius 2 is 2.00 bits per heavy atom. The lowest BCUT2D eigenvalue weighted by Crippen LogP contribution is -2.53. The zero-order chi connectivity index (χ0) is 10.0. The van der Waals surface area contributed by atoms with Crippen LogP contribution < -0.4 is 0 Å². The van der Waals surface area contributed by atoms with Gasteiger partial charge in [0, 0.05) is 26.1 Å². The molecular formula is C9H16N2O2. The molecule has 0 aromatic carbocycles. The first-order chi connectivity index (χ1) is 6.02. The van der Waals surface area contributed by atoms with Crippen LogP contribution in [0.2, 0.25) is 0 Å². The third-order valence-corrected chi connectivity index (χ3v) is 2.33. The second-order valence-electron chi connectivity index (χ2n) is 3.62. The summed E-state index contributed by atoms with van der Waals surface area (Å²) >= 11 is 0. The fraction of sp³-hybridized carbons (Fsp3) is 0.778. The Morgan fingerprint density at radius 1 is 1.38 bits per heavy atom. The summed E-state index contributed by atoms with van der Waals surface area (Å²) in [5, 5.41) is 0. The predicted octanol–water partition coefficient (Wildman–Crippen LogP) is 0.0855. The molecule has 13 heavy (non-hydrogen) atoms. The quantitative estimate of drug-likeness (QED) is 0.579. The van der Waals surface area contributed by atoms with Crippen molar-refractivity contribution in [3.63, 3.8) is 0 Å². The Hall–Kier alpha value is -1.06. The van der Waals surface area contributed by atoms with E-state index in [0.717, 1.165) is 0 Å². The summed E-state index contributed by atoms with van der Waals surface area (Å²) in [5.74, 6) is 0.0354. The molecule has 0 aromatic rings. The first-order valence-corrected chi connectivity index (χ1v) is 4.57. The van der Waals surface area contributed by atoms with E-state index in [2.05, 4.69) is 0 Å². The van der Waals surface area contributed by atoms with Gasteiger partial charge in [0.05, 0.1) is 6.54 Å². The molecule has 0 saturated carbocycles. The molecule has 4 heteroatoms. The molecular weight excluding hydrogens is 168 g/mol. The van der Waals surface area contributed by atoms with Gasteiger partial charge in [0.25, 0.3) is 0 Å². The van der Waals surface area contributed by atoms with Crippen LogP contribution >= 0.6 is 0 Å². The monoisotopic (exact) mass is 184 g/mol. The summed E-state index contributed by atoms with van der Waals surface area (Å²) < 4.78 is 0. The number of rotatable bonds is 1. The van der Waals surface area contributed by atoms with Crippen molar-refractivity contribution < 1.29 is 9.59 Å². The largest absolute Gasteiger partial charge is 0.337 e. The zero-order valence-corrected chi connectivity index (χ0v) is 8.41. The molecule has 1 saturated heterocycles. The molecule has 0 bridgehead atoms. The van der Waals surface area contributed by atoms with Crippen LogP contribution in [0.25, 0.3) is 0 Å². The summed E-state index contributed by atoms with van der Waals surface area (Å²) in [5.41, 5.74) is 0. The standard InChI is InChI=1S/C9H16N2O2/c1-7(2)11-5-4-10(8(3)12)6-9(11)13/h7H,4-6H2,1-3H3. The SMILES string of the molecule is CC(=O)N1CCN(C(C)C)C(=O)C1. The Kier molecular flexibility index (Phi) is 2.90. The van der Waals surface area contributed by atoms with Crippen LogP contribution in [0.1, 0.15) is 20.8 Å². The van der Waals surface area contributed by atoms with E-state index in [0.29, 0.717) is 13.1 Å². The molecule has 74 valence electrons. The molecule has 0 radical (unpaired) electrons. The third-order valence-electron chi connectivity index (χ3n) is 2.33. The molecule has 1 aliphatic rings. The number of hydrogen-bond donors (Lipinski definition) is 0. The Balaban J connectivity index is 2.57. The van der Waals surface area contributed by atoms with E-state index in [1.807, 2.05) is 13.8 Å². The lowest BCUT2D eigenvalue weighted by Gasteiger charge is -2.36. The van der Waals surface area contributed by atoms with Gasteiger partial charge >= 0.3 is 0 Å². The summed E-state index contributed by atoms with van der Waals surface area (Å²) in [6, 6.07) is 0.238. The Labute approximate surface area is 78.5 Å². The minimum Gasteiger partial charge on any atom is -0.337 e. The van der Waals surface area contributed by atoms with Crippen LogP contribution in [0.5, 0.6) is 0 Å². The third kappa shape index (κ3) is 2.20. The fourth-order valence-electron chi connectivity index (χ4n) is 1.50. The van der Waals surface area contributed by atoms with Crippen molar-refractivity contribution in [2.45, 2.75) is 26.8 Å². The first kappa shape index (κ1) is 10.0. The van der Waals surface area contributed by atoms with E-state index < -0.39 is 0 Å². The summed E-state index contributed by atoms with van der Waals surface area (Å²) in [6.45, 7) is 7.05. The average Bonchev–Trinajstić information content (AvgIpc) is 2.03. The van der Waals surface area contributed by atoms with Crippen LogP contribution in [0, 0.1) is 0 Å². The van der Waals surface area contributed by atoms with E-state index >= 15 is 0 Å². The van der Waals surface area contributed by atoms with Crippen molar-refractivity contribution in [1.82, 2.24) is 9.80 Å². The molecule has 0 N–H and O–H groups in total. The second kappa shape index (κ2) is 3.77. The van der Waals surface area contributed by atoms with Crippen molar-refractivity contribution in [2.75, 3.05) is 19.6 Å². The highest BCUT2D eigenvalue weighted by Gasteiger charge is 2.26. The molecule has 0 unspecified atom stereocenters. The van der Waals surface area contributed by atoms with Crippen molar-refractivity contribution in [3.8, 4) is 0 Å². The maximum absolute atomic E-state index is 11.5. The van der Waals surface area contributed by atoms with Crippen LogP contribution in [0.4, 0.5) is 0 Å². The van der Waals surface area contributed by atoms with E-state index in [1.54, 1.807) is 9.80 Å². The number of piperazine rings is 1. The zero-order valence-electron chi connectivity index (χ0n) is 8.41. The lowest BCUT2D eigenvalue weighted by atomic mass is 10.2. The average molecular weight is 184 g/mol. The second-order valence-corrected chi connectivity index (χ2v) is 3.62. The molecule has 1 heterocycles. The minimum absolute atomic E-state index is 0.0169. The van der Waals surface area contributed by atoms with E-state index in [-0.39, 0.29) is 24.4 Å². The predicted molar refractivity (Wildman–Crippen MR) is 49.1 cm³/mol. The molecule has 2 amide bonds. The van der Waals surface area contributed by atoms with Gasteiger partial charge in [0.2, 0.25) is 11.8 Å². The highest BCUT2D eigenvalue weighted by atomic mass is 16.2. The van der Waals surface area contributed by atoms with Gasteiger partial charge in [0.15, 0.2) is 0 Å². The number of amides is 2. The van der Waals surface area contributed by atoms with Gasteiger partial charge in [-0.25, -0.2) is 0 Å². The molecule has 1 aliphatic heterocycles. The van der Waals surface area contributed by atoms with Gasteiger partial charge in [0.1, 0.15) is 0 Å². The number of carbonyl (C=O) groups is 2. The first-order valence-electron chi connectivity index (χ1n) is 4.57. The van der Waals surface area contributed by atoms with E-state index in [1.165, 1.54) is 6.92 Å². The topological polar surface area (TPSA) is 40.6 Å². The van der Waals surface area contributed by atoms with Crippen LogP contribution in [-0.2, 0) is 9.59 Å². The Bertz CT molecular complexity index is 226. The van der Waals surface area contributed by atoms with Crippen molar-refractivity contribution in [3.05, 3.63) is 0 Å². The van der Waals surface area contributed by atoms with Gasteiger partial charge < -0.3 is 9.80 Å². The molecule has 0 spiro atoms. The molecule has 0 aliphatic carbocycles.